The Labute approximate surface area is 164 Å². The number of Topliss-reactive ketones (excluding diaryl/α,β-unsaturated/α-hetero) is 1. The zero-order valence-electron chi connectivity index (χ0n) is 15.6. The van der Waals surface area contributed by atoms with E-state index in [1.54, 1.807) is 19.3 Å². The Balaban J connectivity index is 1.55. The molecule has 0 saturated carbocycles. The van der Waals surface area contributed by atoms with Crippen molar-refractivity contribution in [1.82, 2.24) is 14.9 Å². The molecule has 7 heteroatoms. The summed E-state index contributed by atoms with van der Waals surface area (Å²) < 4.78 is 0. The third-order valence-corrected chi connectivity index (χ3v) is 5.15. The molecule has 3 rings (SSSR count). The number of piperazine rings is 1. The number of carbonyl (C=O) groups is 2. The first-order valence-electron chi connectivity index (χ1n) is 9.00. The molecule has 0 spiro atoms. The predicted molar refractivity (Wildman–Crippen MR) is 105 cm³/mol. The van der Waals surface area contributed by atoms with Crippen LogP contribution in [0.2, 0.25) is 5.15 Å². The van der Waals surface area contributed by atoms with E-state index in [2.05, 4.69) is 14.9 Å². The molecule has 6 nitrogen and oxygen atoms in total. The van der Waals surface area contributed by atoms with Crippen LogP contribution in [0.25, 0.3) is 0 Å². The van der Waals surface area contributed by atoms with Crippen molar-refractivity contribution in [3.05, 3.63) is 52.6 Å². The summed E-state index contributed by atoms with van der Waals surface area (Å²) in [5.74, 6) is 0.210. The maximum absolute atomic E-state index is 12.3. The van der Waals surface area contributed by atoms with Crippen LogP contribution < -0.4 is 4.90 Å². The molecule has 1 fully saturated rings. The molecule has 0 aliphatic carbocycles. The van der Waals surface area contributed by atoms with Crippen LogP contribution in [0.3, 0.4) is 0 Å². The number of rotatable bonds is 5. The Morgan fingerprint density at radius 2 is 1.81 bits per heavy atom. The van der Waals surface area contributed by atoms with Gasteiger partial charge in [-0.1, -0.05) is 17.7 Å². The average molecular weight is 387 g/mol. The fourth-order valence-electron chi connectivity index (χ4n) is 3.19. The van der Waals surface area contributed by atoms with Gasteiger partial charge in [0.05, 0.1) is 11.9 Å². The summed E-state index contributed by atoms with van der Waals surface area (Å²) in [6, 6.07) is 5.79. The number of aromatic nitrogens is 2. The summed E-state index contributed by atoms with van der Waals surface area (Å²) in [5, 5.41) is 0.465. The molecule has 3 heterocycles. The minimum Gasteiger partial charge on any atom is -0.367 e. The Bertz CT molecular complexity index is 830. The summed E-state index contributed by atoms with van der Waals surface area (Å²) in [4.78, 5) is 36.3. The van der Waals surface area contributed by atoms with Gasteiger partial charge in [-0.05, 0) is 30.2 Å². The lowest BCUT2D eigenvalue weighted by Gasteiger charge is -2.35. The van der Waals surface area contributed by atoms with E-state index >= 15 is 0 Å². The van der Waals surface area contributed by atoms with Gasteiger partial charge < -0.3 is 9.80 Å². The van der Waals surface area contributed by atoms with E-state index in [4.69, 9.17) is 11.6 Å². The third kappa shape index (κ3) is 5.04. The van der Waals surface area contributed by atoms with E-state index in [0.29, 0.717) is 18.0 Å². The second-order valence-electron chi connectivity index (χ2n) is 6.84. The summed E-state index contributed by atoms with van der Waals surface area (Å²) in [6.45, 7) is 6.52. The van der Waals surface area contributed by atoms with Crippen molar-refractivity contribution >= 4 is 29.0 Å². The highest BCUT2D eigenvalue weighted by Gasteiger charge is 2.19. The van der Waals surface area contributed by atoms with Gasteiger partial charge in [0.15, 0.2) is 0 Å². The Hall–Kier alpha value is -2.47. The van der Waals surface area contributed by atoms with E-state index in [1.165, 1.54) is 0 Å². The van der Waals surface area contributed by atoms with Crippen molar-refractivity contribution in [3.8, 4) is 0 Å². The zero-order valence-corrected chi connectivity index (χ0v) is 16.4. The molecular weight excluding hydrogens is 364 g/mol. The molecule has 0 radical (unpaired) electrons. The Morgan fingerprint density at radius 3 is 2.41 bits per heavy atom. The molecule has 142 valence electrons. The van der Waals surface area contributed by atoms with Crippen LogP contribution in [0.5, 0.6) is 0 Å². The maximum atomic E-state index is 12.3. The number of ketones is 1. The lowest BCUT2D eigenvalue weighted by molar-refractivity contribution is -0.129. The number of carbonyl (C=O) groups excluding carboxylic acids is 2. The fourth-order valence-corrected chi connectivity index (χ4v) is 3.30. The van der Waals surface area contributed by atoms with E-state index in [1.807, 2.05) is 30.0 Å². The molecule has 1 aliphatic rings. The van der Waals surface area contributed by atoms with Crippen LogP contribution in [0.15, 0.2) is 30.6 Å². The SMILES string of the molecule is CC(=O)N1CCN(c2ccc(CC(=O)Cc3cnc(Cl)c(C)c3)nc2)CC1. The summed E-state index contributed by atoms with van der Waals surface area (Å²) >= 11 is 5.92. The maximum Gasteiger partial charge on any atom is 0.219 e. The molecule has 0 N–H and O–H groups in total. The van der Waals surface area contributed by atoms with E-state index < -0.39 is 0 Å². The number of anilines is 1. The van der Waals surface area contributed by atoms with E-state index in [-0.39, 0.29) is 11.7 Å². The highest BCUT2D eigenvalue weighted by atomic mass is 35.5. The summed E-state index contributed by atoms with van der Waals surface area (Å²) in [6.07, 6.45) is 4.06. The van der Waals surface area contributed by atoms with Gasteiger partial charge >= 0.3 is 0 Å². The predicted octanol–water partition coefficient (Wildman–Crippen LogP) is 2.46. The first kappa shape index (κ1) is 19.3. The summed E-state index contributed by atoms with van der Waals surface area (Å²) in [7, 11) is 0. The third-order valence-electron chi connectivity index (χ3n) is 4.75. The molecule has 1 saturated heterocycles. The van der Waals surface area contributed by atoms with Gasteiger partial charge in [0, 0.05) is 57.8 Å². The number of pyridine rings is 2. The number of aryl methyl sites for hydroxylation is 1. The second kappa shape index (κ2) is 8.48. The lowest BCUT2D eigenvalue weighted by Crippen LogP contribution is -2.48. The first-order valence-corrected chi connectivity index (χ1v) is 9.38. The molecule has 1 aliphatic heterocycles. The van der Waals surface area contributed by atoms with Gasteiger partial charge in [-0.15, -0.1) is 0 Å². The van der Waals surface area contributed by atoms with E-state index in [9.17, 15) is 9.59 Å². The molecule has 0 unspecified atom stereocenters. The van der Waals surface area contributed by atoms with Gasteiger partial charge in [0.25, 0.3) is 0 Å². The highest BCUT2D eigenvalue weighted by molar-refractivity contribution is 6.30. The topological polar surface area (TPSA) is 66.4 Å². The number of hydrogen-bond acceptors (Lipinski definition) is 5. The van der Waals surface area contributed by atoms with Gasteiger partial charge in [0.2, 0.25) is 5.91 Å². The molecule has 1 amide bonds. The number of amides is 1. The highest BCUT2D eigenvalue weighted by Crippen LogP contribution is 2.17. The van der Waals surface area contributed by atoms with Crippen molar-refractivity contribution in [2.75, 3.05) is 31.1 Å². The van der Waals surface area contributed by atoms with Crippen LogP contribution in [-0.2, 0) is 22.4 Å². The zero-order chi connectivity index (χ0) is 19.4. The smallest absolute Gasteiger partial charge is 0.219 e. The normalized spacial score (nSPS) is 14.3. The molecule has 2 aromatic heterocycles. The average Bonchev–Trinajstić information content (AvgIpc) is 2.65. The van der Waals surface area contributed by atoms with Crippen molar-refractivity contribution < 1.29 is 9.59 Å². The minimum absolute atomic E-state index is 0.0915. The van der Waals surface area contributed by atoms with Gasteiger partial charge in [-0.3, -0.25) is 14.6 Å². The molecule has 0 atom stereocenters. The van der Waals surface area contributed by atoms with Crippen molar-refractivity contribution in [2.45, 2.75) is 26.7 Å². The number of nitrogens with zero attached hydrogens (tertiary/aromatic N) is 4. The Kier molecular flexibility index (Phi) is 6.06. The van der Waals surface area contributed by atoms with Gasteiger partial charge in [-0.2, -0.15) is 0 Å². The lowest BCUT2D eigenvalue weighted by atomic mass is 10.1. The number of halogens is 1. The van der Waals surface area contributed by atoms with Gasteiger partial charge in [-0.25, -0.2) is 4.98 Å². The van der Waals surface area contributed by atoms with Crippen LogP contribution >= 0.6 is 11.6 Å². The molecule has 2 aromatic rings. The van der Waals surface area contributed by atoms with Crippen LogP contribution in [0.1, 0.15) is 23.7 Å². The van der Waals surface area contributed by atoms with Crippen molar-refractivity contribution in [2.24, 2.45) is 0 Å². The minimum atomic E-state index is 0.0915. The van der Waals surface area contributed by atoms with Gasteiger partial charge in [0.1, 0.15) is 10.9 Å². The van der Waals surface area contributed by atoms with Crippen molar-refractivity contribution in [1.29, 1.82) is 0 Å². The number of hydrogen-bond donors (Lipinski definition) is 0. The molecular formula is C20H23ClN4O2. The standard InChI is InChI=1S/C20H23ClN4O2/c1-14-9-16(12-23-20(14)21)10-19(27)11-17-3-4-18(13-22-17)25-7-5-24(6-8-25)15(2)26/h3-4,9,12-13H,5-8,10-11H2,1-2H3. The largest absolute Gasteiger partial charge is 0.367 e. The van der Waals surface area contributed by atoms with E-state index in [0.717, 1.165) is 48.7 Å². The summed E-state index contributed by atoms with van der Waals surface area (Å²) in [5.41, 5.74) is 3.51. The fraction of sp³-hybridized carbons (Fsp3) is 0.400. The van der Waals surface area contributed by atoms with Crippen molar-refractivity contribution in [3.63, 3.8) is 0 Å². The van der Waals surface area contributed by atoms with Crippen LogP contribution in [0, 0.1) is 6.92 Å². The monoisotopic (exact) mass is 386 g/mol. The molecule has 27 heavy (non-hydrogen) atoms. The van der Waals surface area contributed by atoms with Crippen LogP contribution in [-0.4, -0.2) is 52.7 Å². The second-order valence-corrected chi connectivity index (χ2v) is 7.20. The molecule has 0 bridgehead atoms. The van der Waals surface area contributed by atoms with Crippen LogP contribution in [0.4, 0.5) is 5.69 Å². The Morgan fingerprint density at radius 1 is 1.07 bits per heavy atom. The molecule has 0 aromatic carbocycles. The first-order chi connectivity index (χ1) is 12.9. The quantitative estimate of drug-likeness (QED) is 0.738.